The van der Waals surface area contributed by atoms with Crippen molar-refractivity contribution < 1.29 is 4.74 Å². The number of thioether (sulfide) groups is 1. The van der Waals surface area contributed by atoms with E-state index in [0.717, 1.165) is 54.0 Å². The largest absolute Gasteiger partial charge is 0.497 e. The molecule has 3 rings (SSSR count). The number of nitrogens with zero attached hydrogens (tertiary/aromatic N) is 1. The van der Waals surface area contributed by atoms with Crippen molar-refractivity contribution in [3.05, 3.63) is 51.4 Å². The molecule has 21 heavy (non-hydrogen) atoms. The monoisotopic (exact) mass is 302 g/mol. The first-order chi connectivity index (χ1) is 10.3. The van der Waals surface area contributed by atoms with Crippen LogP contribution in [0.15, 0.2) is 34.2 Å². The number of methoxy groups -OCH3 is 1. The van der Waals surface area contributed by atoms with E-state index >= 15 is 0 Å². The van der Waals surface area contributed by atoms with Crippen molar-refractivity contribution in [3.63, 3.8) is 0 Å². The van der Waals surface area contributed by atoms with Crippen LogP contribution in [0.2, 0.25) is 0 Å². The first-order valence-electron chi connectivity index (χ1n) is 7.14. The van der Waals surface area contributed by atoms with Crippen molar-refractivity contribution in [1.29, 1.82) is 0 Å². The fourth-order valence-corrected chi connectivity index (χ4v) is 3.39. The average molecular weight is 302 g/mol. The van der Waals surface area contributed by atoms with Crippen LogP contribution in [0.1, 0.15) is 29.7 Å². The Bertz CT molecular complexity index is 697. The van der Waals surface area contributed by atoms with Gasteiger partial charge in [0.15, 0.2) is 5.16 Å². The molecule has 4 nitrogen and oxygen atoms in total. The van der Waals surface area contributed by atoms with Gasteiger partial charge in [0.05, 0.1) is 12.8 Å². The van der Waals surface area contributed by atoms with Crippen molar-refractivity contribution in [3.8, 4) is 5.75 Å². The number of aryl methyl sites for hydroxylation is 1. The van der Waals surface area contributed by atoms with Gasteiger partial charge in [0.1, 0.15) is 5.75 Å². The molecule has 1 heterocycles. The normalized spacial score (nSPS) is 13.8. The molecule has 1 N–H and O–H groups in total. The fourth-order valence-electron chi connectivity index (χ4n) is 2.56. The van der Waals surface area contributed by atoms with E-state index in [9.17, 15) is 4.79 Å². The SMILES string of the molecule is COc1cccc(CSc2nc3c(c(=O)[nH]2)CCCC3)c1. The van der Waals surface area contributed by atoms with E-state index in [1.807, 2.05) is 24.3 Å². The molecule has 0 radical (unpaired) electrons. The van der Waals surface area contributed by atoms with Gasteiger partial charge in [0.2, 0.25) is 0 Å². The highest BCUT2D eigenvalue weighted by Crippen LogP contribution is 2.23. The van der Waals surface area contributed by atoms with Crippen LogP contribution < -0.4 is 10.3 Å². The number of hydrogen-bond acceptors (Lipinski definition) is 4. The van der Waals surface area contributed by atoms with E-state index in [-0.39, 0.29) is 5.56 Å². The lowest BCUT2D eigenvalue weighted by atomic mass is 9.97. The average Bonchev–Trinajstić information content (AvgIpc) is 2.53. The highest BCUT2D eigenvalue weighted by molar-refractivity contribution is 7.98. The number of hydrogen-bond donors (Lipinski definition) is 1. The Morgan fingerprint density at radius 3 is 3.05 bits per heavy atom. The van der Waals surface area contributed by atoms with Crippen LogP contribution in [0, 0.1) is 0 Å². The van der Waals surface area contributed by atoms with Crippen LogP contribution in [0.25, 0.3) is 0 Å². The molecule has 1 aliphatic rings. The molecule has 0 unspecified atom stereocenters. The molecule has 0 atom stereocenters. The maximum Gasteiger partial charge on any atom is 0.254 e. The molecule has 0 amide bonds. The summed E-state index contributed by atoms with van der Waals surface area (Å²) in [5, 5.41) is 0.712. The maximum atomic E-state index is 12.1. The van der Waals surface area contributed by atoms with Gasteiger partial charge in [-0.25, -0.2) is 4.98 Å². The van der Waals surface area contributed by atoms with Gasteiger partial charge < -0.3 is 9.72 Å². The summed E-state index contributed by atoms with van der Waals surface area (Å²) in [7, 11) is 1.66. The Kier molecular flexibility index (Phi) is 4.29. The van der Waals surface area contributed by atoms with Gasteiger partial charge in [-0.3, -0.25) is 4.79 Å². The predicted molar refractivity (Wildman–Crippen MR) is 84.1 cm³/mol. The molecule has 0 bridgehead atoms. The summed E-state index contributed by atoms with van der Waals surface area (Å²) in [5.74, 6) is 1.61. The molecule has 110 valence electrons. The van der Waals surface area contributed by atoms with Crippen molar-refractivity contribution in [2.45, 2.75) is 36.6 Å². The molecule has 0 saturated heterocycles. The maximum absolute atomic E-state index is 12.1. The quantitative estimate of drug-likeness (QED) is 0.697. The zero-order chi connectivity index (χ0) is 14.7. The Labute approximate surface area is 128 Å². The second-order valence-corrected chi connectivity index (χ2v) is 6.11. The third-order valence-electron chi connectivity index (χ3n) is 3.68. The van der Waals surface area contributed by atoms with Crippen molar-refractivity contribution in [2.75, 3.05) is 7.11 Å². The van der Waals surface area contributed by atoms with Crippen LogP contribution in [-0.4, -0.2) is 17.1 Å². The van der Waals surface area contributed by atoms with Crippen LogP contribution >= 0.6 is 11.8 Å². The fraction of sp³-hybridized carbons (Fsp3) is 0.375. The number of H-pyrrole nitrogens is 1. The van der Waals surface area contributed by atoms with Gasteiger partial charge in [-0.1, -0.05) is 23.9 Å². The minimum Gasteiger partial charge on any atom is -0.497 e. The predicted octanol–water partition coefficient (Wildman–Crippen LogP) is 2.95. The van der Waals surface area contributed by atoms with E-state index < -0.39 is 0 Å². The molecule has 2 aromatic rings. The summed E-state index contributed by atoms with van der Waals surface area (Å²) in [6, 6.07) is 7.94. The molecule has 1 aromatic carbocycles. The number of fused-ring (bicyclic) bond motifs is 1. The number of ether oxygens (including phenoxy) is 1. The first kappa shape index (κ1) is 14.2. The highest BCUT2D eigenvalue weighted by Gasteiger charge is 2.15. The van der Waals surface area contributed by atoms with Gasteiger partial charge in [-0.15, -0.1) is 0 Å². The number of nitrogens with one attached hydrogen (secondary N) is 1. The number of benzene rings is 1. The minimum absolute atomic E-state index is 0.0350. The topological polar surface area (TPSA) is 55.0 Å². The molecular weight excluding hydrogens is 284 g/mol. The number of aromatic amines is 1. The number of rotatable bonds is 4. The second kappa shape index (κ2) is 6.35. The van der Waals surface area contributed by atoms with Crippen LogP contribution in [0.5, 0.6) is 5.75 Å². The van der Waals surface area contributed by atoms with Crippen molar-refractivity contribution >= 4 is 11.8 Å². The van der Waals surface area contributed by atoms with E-state index in [2.05, 4.69) is 9.97 Å². The van der Waals surface area contributed by atoms with Crippen LogP contribution in [0.4, 0.5) is 0 Å². The zero-order valence-electron chi connectivity index (χ0n) is 12.0. The summed E-state index contributed by atoms with van der Waals surface area (Å²) < 4.78 is 5.22. The van der Waals surface area contributed by atoms with Crippen molar-refractivity contribution in [2.24, 2.45) is 0 Å². The van der Waals surface area contributed by atoms with Crippen LogP contribution in [-0.2, 0) is 18.6 Å². The molecule has 0 saturated carbocycles. The van der Waals surface area contributed by atoms with Crippen LogP contribution in [0.3, 0.4) is 0 Å². The Morgan fingerprint density at radius 1 is 1.33 bits per heavy atom. The van der Waals surface area contributed by atoms with Gasteiger partial charge in [0, 0.05) is 11.3 Å². The molecule has 1 aromatic heterocycles. The summed E-state index contributed by atoms with van der Waals surface area (Å²) in [5.41, 5.74) is 3.05. The summed E-state index contributed by atoms with van der Waals surface area (Å²) >= 11 is 1.56. The van der Waals surface area contributed by atoms with Gasteiger partial charge in [0.25, 0.3) is 5.56 Å². The Hall–Kier alpha value is -1.75. The van der Waals surface area contributed by atoms with E-state index in [1.165, 1.54) is 0 Å². The van der Waals surface area contributed by atoms with E-state index in [4.69, 9.17) is 4.74 Å². The zero-order valence-corrected chi connectivity index (χ0v) is 12.8. The third-order valence-corrected chi connectivity index (χ3v) is 4.62. The molecule has 5 heteroatoms. The molecular formula is C16H18N2O2S. The van der Waals surface area contributed by atoms with Gasteiger partial charge >= 0.3 is 0 Å². The van der Waals surface area contributed by atoms with E-state index in [1.54, 1.807) is 18.9 Å². The van der Waals surface area contributed by atoms with E-state index in [0.29, 0.717) is 5.16 Å². The lowest BCUT2D eigenvalue weighted by Crippen LogP contribution is -2.21. The van der Waals surface area contributed by atoms with Gasteiger partial charge in [-0.05, 0) is 43.4 Å². The highest BCUT2D eigenvalue weighted by atomic mass is 32.2. The summed E-state index contributed by atoms with van der Waals surface area (Å²) in [4.78, 5) is 19.6. The molecule has 0 fully saturated rings. The Balaban J connectivity index is 1.76. The lowest BCUT2D eigenvalue weighted by molar-refractivity contribution is 0.414. The third kappa shape index (κ3) is 3.29. The summed E-state index contributed by atoms with van der Waals surface area (Å²) in [6.07, 6.45) is 4.00. The lowest BCUT2D eigenvalue weighted by Gasteiger charge is -2.14. The number of aromatic nitrogens is 2. The Morgan fingerprint density at radius 2 is 2.19 bits per heavy atom. The standard InChI is InChI=1S/C16H18N2O2S/c1-20-12-6-4-5-11(9-12)10-21-16-17-14-8-3-2-7-13(14)15(19)18-16/h4-6,9H,2-3,7-8,10H2,1H3,(H,17,18,19). The molecule has 0 spiro atoms. The van der Waals surface area contributed by atoms with Crippen molar-refractivity contribution in [1.82, 2.24) is 9.97 Å². The molecule has 0 aliphatic heterocycles. The minimum atomic E-state index is 0.0350. The second-order valence-electron chi connectivity index (χ2n) is 5.14. The first-order valence-corrected chi connectivity index (χ1v) is 8.12. The molecule has 1 aliphatic carbocycles. The van der Waals surface area contributed by atoms with Gasteiger partial charge in [-0.2, -0.15) is 0 Å². The summed E-state index contributed by atoms with van der Waals surface area (Å²) in [6.45, 7) is 0. The smallest absolute Gasteiger partial charge is 0.254 e.